The number of halogens is 2. The summed E-state index contributed by atoms with van der Waals surface area (Å²) in [6, 6.07) is 14.1. The van der Waals surface area contributed by atoms with Gasteiger partial charge in [0.15, 0.2) is 6.29 Å². The van der Waals surface area contributed by atoms with Crippen LogP contribution in [0.3, 0.4) is 0 Å². The van der Waals surface area contributed by atoms with Crippen LogP contribution in [-0.2, 0) is 13.0 Å². The zero-order valence-electron chi connectivity index (χ0n) is 23.2. The average Bonchev–Trinajstić information content (AvgIpc) is 3.21. The topological polar surface area (TPSA) is 54.6 Å². The van der Waals surface area contributed by atoms with Crippen LogP contribution in [0, 0.1) is 5.82 Å². The molecule has 39 heavy (non-hydrogen) atoms. The molecule has 0 unspecified atom stereocenters. The van der Waals surface area contributed by atoms with Crippen LogP contribution >= 0.6 is 11.6 Å². The largest absolute Gasteiger partial charge is 0.493 e. The van der Waals surface area contributed by atoms with E-state index in [-0.39, 0.29) is 5.82 Å². The van der Waals surface area contributed by atoms with Gasteiger partial charge in [-0.15, -0.1) is 0 Å². The molecule has 0 fully saturated rings. The van der Waals surface area contributed by atoms with Gasteiger partial charge in [0.25, 0.3) is 0 Å². The molecule has 4 rings (SSSR count). The Morgan fingerprint density at radius 3 is 2.49 bits per heavy atom. The maximum absolute atomic E-state index is 13.7. The van der Waals surface area contributed by atoms with Crippen molar-refractivity contribution in [1.29, 1.82) is 0 Å². The van der Waals surface area contributed by atoms with Crippen LogP contribution in [0.2, 0.25) is 5.02 Å². The van der Waals surface area contributed by atoms with Crippen LogP contribution in [0.1, 0.15) is 70.1 Å². The van der Waals surface area contributed by atoms with E-state index in [4.69, 9.17) is 16.3 Å². The van der Waals surface area contributed by atoms with Crippen molar-refractivity contribution < 1.29 is 19.3 Å². The van der Waals surface area contributed by atoms with E-state index < -0.39 is 6.29 Å². The van der Waals surface area contributed by atoms with E-state index in [2.05, 4.69) is 27.4 Å². The Hall–Kier alpha value is -3.12. The first-order valence-corrected chi connectivity index (χ1v) is 13.9. The second-order valence-corrected chi connectivity index (χ2v) is 10.5. The highest BCUT2D eigenvalue weighted by molar-refractivity contribution is 6.34. The molecule has 2 N–H and O–H groups in total. The molecule has 0 aliphatic carbocycles. The number of fused-ring (bicyclic) bond motifs is 2. The molecule has 0 atom stereocenters. The van der Waals surface area contributed by atoms with Crippen molar-refractivity contribution in [2.24, 2.45) is 0 Å². The minimum Gasteiger partial charge on any atom is -0.493 e. The summed E-state index contributed by atoms with van der Waals surface area (Å²) in [7, 11) is 0. The average molecular weight is 550 g/mol. The molecule has 0 saturated heterocycles. The molecular formula is C33H37ClFNO3. The fourth-order valence-corrected chi connectivity index (χ4v) is 5.76. The Morgan fingerprint density at radius 1 is 1.08 bits per heavy atom. The molecule has 1 aromatic heterocycles. The lowest BCUT2D eigenvalue weighted by Crippen LogP contribution is -2.10. The number of aromatic nitrogens is 1. The fourth-order valence-electron chi connectivity index (χ4n) is 5.51. The van der Waals surface area contributed by atoms with Crippen LogP contribution in [0.4, 0.5) is 4.39 Å². The Bertz CT molecular complexity index is 1550. The molecule has 4 aromatic rings. The van der Waals surface area contributed by atoms with E-state index in [1.165, 1.54) is 17.7 Å². The molecule has 0 aliphatic heterocycles. The summed E-state index contributed by atoms with van der Waals surface area (Å²) in [4.78, 5) is 0. The van der Waals surface area contributed by atoms with Gasteiger partial charge in [-0.3, -0.25) is 0 Å². The van der Waals surface area contributed by atoms with Gasteiger partial charge >= 0.3 is 0 Å². The number of aryl methyl sites for hydroxylation is 2. The van der Waals surface area contributed by atoms with Gasteiger partial charge in [-0.2, -0.15) is 0 Å². The molecule has 0 amide bonds. The van der Waals surface area contributed by atoms with Crippen molar-refractivity contribution in [3.8, 4) is 5.75 Å². The molecule has 4 nitrogen and oxygen atoms in total. The standard InChI is InChI=1S/C33H37ClFNO3/c1-6-17-36-31-26(15-16-27(34)30(31)29(20(3)4)21(5)7-2)25(32(36)33(37)38)11-9-18-39-28-12-8-10-22-19-23(35)13-14-24(22)28/h8,10,12-16,19,33,37-38H,3,6-7,9,11,17-18H2,1-2,4-5H3/b29-21+. The van der Waals surface area contributed by atoms with E-state index in [9.17, 15) is 14.6 Å². The summed E-state index contributed by atoms with van der Waals surface area (Å²) in [5.74, 6) is 0.417. The summed E-state index contributed by atoms with van der Waals surface area (Å²) in [6.45, 7) is 13.5. The first-order chi connectivity index (χ1) is 18.7. The third-order valence-corrected chi connectivity index (χ3v) is 7.59. The predicted octanol–water partition coefficient (Wildman–Crippen LogP) is 8.75. The minimum atomic E-state index is -1.64. The molecule has 0 radical (unpaired) electrons. The molecular weight excluding hydrogens is 513 g/mol. The first kappa shape index (κ1) is 28.9. The van der Waals surface area contributed by atoms with Crippen molar-refractivity contribution in [3.05, 3.63) is 93.9 Å². The molecule has 6 heteroatoms. The SMILES string of the molecule is C=C(C)/C(=C(/C)CC)c1c(Cl)ccc2c(CCCOc3cccc4cc(F)ccc34)c(C(O)O)n(CCC)c12. The molecule has 3 aromatic carbocycles. The number of allylic oxidation sites excluding steroid dienone is 3. The summed E-state index contributed by atoms with van der Waals surface area (Å²) in [6.07, 6.45) is 1.27. The number of benzene rings is 3. The van der Waals surface area contributed by atoms with Crippen molar-refractivity contribution in [2.75, 3.05) is 6.61 Å². The minimum absolute atomic E-state index is 0.281. The molecule has 0 aliphatic rings. The van der Waals surface area contributed by atoms with Crippen molar-refractivity contribution in [3.63, 3.8) is 0 Å². The van der Waals surface area contributed by atoms with Crippen LogP contribution in [0.15, 0.2) is 66.3 Å². The van der Waals surface area contributed by atoms with Gasteiger partial charge in [-0.1, -0.05) is 61.4 Å². The predicted molar refractivity (Wildman–Crippen MR) is 160 cm³/mol. The van der Waals surface area contributed by atoms with Gasteiger partial charge in [0.05, 0.1) is 22.8 Å². The van der Waals surface area contributed by atoms with E-state index in [0.29, 0.717) is 42.5 Å². The number of aliphatic hydroxyl groups excluding tert-OH is 1. The fraction of sp³-hybridized carbons (Fsp3) is 0.333. The molecule has 0 bridgehead atoms. The van der Waals surface area contributed by atoms with Crippen molar-refractivity contribution in [2.45, 2.75) is 66.2 Å². The maximum atomic E-state index is 13.7. The van der Waals surface area contributed by atoms with Gasteiger partial charge in [0, 0.05) is 22.9 Å². The summed E-state index contributed by atoms with van der Waals surface area (Å²) >= 11 is 6.85. The number of hydrogen-bond donors (Lipinski definition) is 2. The maximum Gasteiger partial charge on any atom is 0.194 e. The Morgan fingerprint density at radius 2 is 1.82 bits per heavy atom. The van der Waals surface area contributed by atoms with Gasteiger partial charge in [-0.25, -0.2) is 4.39 Å². The first-order valence-electron chi connectivity index (χ1n) is 13.6. The van der Waals surface area contributed by atoms with E-state index >= 15 is 0 Å². The highest BCUT2D eigenvalue weighted by atomic mass is 35.5. The molecule has 206 valence electrons. The van der Waals surface area contributed by atoms with Gasteiger partial charge in [0.1, 0.15) is 11.6 Å². The monoisotopic (exact) mass is 549 g/mol. The van der Waals surface area contributed by atoms with E-state index in [1.807, 2.05) is 41.8 Å². The second-order valence-electron chi connectivity index (χ2n) is 10.1. The Balaban J connectivity index is 1.75. The van der Waals surface area contributed by atoms with Crippen LogP contribution in [-0.4, -0.2) is 21.4 Å². The molecule has 1 heterocycles. The van der Waals surface area contributed by atoms with Crippen LogP contribution < -0.4 is 4.74 Å². The summed E-state index contributed by atoms with van der Waals surface area (Å²) in [5.41, 5.74) is 6.29. The lowest BCUT2D eigenvalue weighted by molar-refractivity contribution is -0.0487. The Kier molecular flexibility index (Phi) is 9.16. The second kappa shape index (κ2) is 12.4. The highest BCUT2D eigenvalue weighted by Crippen LogP contribution is 2.42. The van der Waals surface area contributed by atoms with E-state index in [0.717, 1.165) is 56.8 Å². The zero-order chi connectivity index (χ0) is 28.3. The Labute approximate surface area is 235 Å². The van der Waals surface area contributed by atoms with Gasteiger partial charge in [0.2, 0.25) is 0 Å². The third-order valence-electron chi connectivity index (χ3n) is 7.28. The van der Waals surface area contributed by atoms with Gasteiger partial charge < -0.3 is 19.5 Å². The number of nitrogens with zero attached hydrogens (tertiary/aromatic N) is 1. The number of rotatable bonds is 11. The lowest BCUT2D eigenvalue weighted by Gasteiger charge is -2.18. The molecule has 0 spiro atoms. The summed E-state index contributed by atoms with van der Waals surface area (Å²) < 4.78 is 21.8. The summed E-state index contributed by atoms with van der Waals surface area (Å²) in [5, 5.41) is 24.3. The smallest absolute Gasteiger partial charge is 0.194 e. The third kappa shape index (κ3) is 5.76. The lowest BCUT2D eigenvalue weighted by atomic mass is 9.91. The van der Waals surface area contributed by atoms with Crippen LogP contribution in [0.5, 0.6) is 5.75 Å². The number of ether oxygens (including phenoxy) is 1. The zero-order valence-corrected chi connectivity index (χ0v) is 23.9. The quantitative estimate of drug-likeness (QED) is 0.112. The van der Waals surface area contributed by atoms with Crippen molar-refractivity contribution in [1.82, 2.24) is 4.57 Å². The van der Waals surface area contributed by atoms with Crippen molar-refractivity contribution >= 4 is 38.8 Å². The normalized spacial score (nSPS) is 12.4. The number of aliphatic hydroxyl groups is 2. The highest BCUT2D eigenvalue weighted by Gasteiger charge is 2.26. The van der Waals surface area contributed by atoms with E-state index in [1.54, 1.807) is 6.07 Å². The molecule has 0 saturated carbocycles. The number of hydrogen-bond acceptors (Lipinski definition) is 3. The van der Waals surface area contributed by atoms with Crippen LogP contribution in [0.25, 0.3) is 27.2 Å². The van der Waals surface area contributed by atoms with Gasteiger partial charge in [-0.05, 0) is 86.4 Å².